The molecule has 144 valence electrons. The zero-order chi connectivity index (χ0) is 18.8. The Morgan fingerprint density at radius 1 is 1.26 bits per heavy atom. The summed E-state index contributed by atoms with van der Waals surface area (Å²) < 4.78 is 0. The molecule has 3 aliphatic rings. The van der Waals surface area contributed by atoms with Crippen LogP contribution in [0.5, 0.6) is 0 Å². The molecule has 4 heteroatoms. The van der Waals surface area contributed by atoms with E-state index < -0.39 is 0 Å². The highest BCUT2D eigenvalue weighted by molar-refractivity contribution is 5.86. The Kier molecular flexibility index (Phi) is 3.74. The number of H-pyrrole nitrogens is 1. The number of quaternary nitrogens is 1. The van der Waals surface area contributed by atoms with E-state index in [-0.39, 0.29) is 0 Å². The number of nitrogens with one attached hydrogen (secondary N) is 2. The minimum Gasteiger partial charge on any atom is -0.358 e. The SMILES string of the molecule is CC1(C)C[C@@H]2C[C@@](C)(C[NH+]2CC(=O)N2CCc3[nH]c4ccccc4c3C2)C1. The highest BCUT2D eigenvalue weighted by Gasteiger charge is 2.53. The van der Waals surface area contributed by atoms with Gasteiger partial charge < -0.3 is 14.8 Å². The third kappa shape index (κ3) is 2.98. The lowest BCUT2D eigenvalue weighted by atomic mass is 9.65. The van der Waals surface area contributed by atoms with E-state index in [1.807, 2.05) is 0 Å². The van der Waals surface area contributed by atoms with Crippen LogP contribution >= 0.6 is 0 Å². The summed E-state index contributed by atoms with van der Waals surface area (Å²) in [5.74, 6) is 0.342. The number of nitrogens with zero attached hydrogens (tertiary/aromatic N) is 1. The van der Waals surface area contributed by atoms with Crippen molar-refractivity contribution in [3.63, 3.8) is 0 Å². The molecule has 2 aromatic rings. The lowest BCUT2D eigenvalue weighted by Gasteiger charge is -2.37. The van der Waals surface area contributed by atoms with Gasteiger partial charge >= 0.3 is 0 Å². The second-order valence-corrected chi connectivity index (χ2v) is 10.5. The second kappa shape index (κ2) is 5.84. The van der Waals surface area contributed by atoms with Gasteiger partial charge in [-0.15, -0.1) is 0 Å². The molecule has 0 radical (unpaired) electrons. The number of aromatic nitrogens is 1. The van der Waals surface area contributed by atoms with Gasteiger partial charge in [0, 0.05) is 59.9 Å². The van der Waals surface area contributed by atoms with Crippen molar-refractivity contribution in [2.45, 2.75) is 59.0 Å². The standard InChI is InChI=1S/C23H31N3O/c1-22(2)10-16-11-23(3,14-22)15-26(16)13-21(27)25-9-8-20-18(12-25)17-6-4-5-7-19(17)24-20/h4-7,16,24H,8-15H2,1-3H3/p+1/t16-,23-/m1/s1. The molecule has 1 saturated heterocycles. The summed E-state index contributed by atoms with van der Waals surface area (Å²) in [6.45, 7) is 10.7. The normalized spacial score (nSPS) is 31.9. The number of aromatic amines is 1. The van der Waals surface area contributed by atoms with E-state index in [0.717, 1.165) is 19.5 Å². The number of rotatable bonds is 2. The lowest BCUT2D eigenvalue weighted by Crippen LogP contribution is -3.15. The summed E-state index contributed by atoms with van der Waals surface area (Å²) in [5.41, 5.74) is 4.69. The zero-order valence-electron chi connectivity index (χ0n) is 16.9. The molecule has 3 heterocycles. The molecular formula is C23H32N3O+. The van der Waals surface area contributed by atoms with Gasteiger partial charge in [0.15, 0.2) is 6.54 Å². The van der Waals surface area contributed by atoms with E-state index in [1.165, 1.54) is 52.9 Å². The van der Waals surface area contributed by atoms with Crippen LogP contribution in [0.4, 0.5) is 0 Å². The zero-order valence-corrected chi connectivity index (χ0v) is 16.9. The number of benzene rings is 1. The van der Waals surface area contributed by atoms with Crippen LogP contribution in [0.1, 0.15) is 51.3 Å². The first kappa shape index (κ1) is 17.3. The van der Waals surface area contributed by atoms with Crippen molar-refractivity contribution in [2.75, 3.05) is 19.6 Å². The topological polar surface area (TPSA) is 40.5 Å². The highest BCUT2D eigenvalue weighted by atomic mass is 16.2. The molecule has 1 amide bonds. The van der Waals surface area contributed by atoms with E-state index in [0.29, 0.717) is 29.3 Å². The summed E-state index contributed by atoms with van der Waals surface area (Å²) in [7, 11) is 0. The molecular weight excluding hydrogens is 334 g/mol. The van der Waals surface area contributed by atoms with E-state index in [2.05, 4.69) is 54.9 Å². The Morgan fingerprint density at radius 2 is 2.07 bits per heavy atom. The third-order valence-electron chi connectivity index (χ3n) is 7.29. The van der Waals surface area contributed by atoms with Crippen molar-refractivity contribution in [1.82, 2.24) is 9.88 Å². The first-order valence-electron chi connectivity index (χ1n) is 10.5. The maximum Gasteiger partial charge on any atom is 0.278 e. The number of hydrogen-bond donors (Lipinski definition) is 2. The lowest BCUT2D eigenvalue weighted by molar-refractivity contribution is -0.907. The number of carbonyl (C=O) groups excluding carboxylic acids is 1. The van der Waals surface area contributed by atoms with Gasteiger partial charge in [0.05, 0.1) is 12.6 Å². The van der Waals surface area contributed by atoms with Gasteiger partial charge in [-0.25, -0.2) is 0 Å². The second-order valence-electron chi connectivity index (χ2n) is 10.5. The monoisotopic (exact) mass is 366 g/mol. The molecule has 1 aromatic carbocycles. The average Bonchev–Trinajstić information content (AvgIpc) is 3.07. The molecule has 4 nitrogen and oxygen atoms in total. The fourth-order valence-corrected chi connectivity index (χ4v) is 6.64. The van der Waals surface area contributed by atoms with Gasteiger partial charge in [0.2, 0.25) is 0 Å². The molecule has 2 aliphatic heterocycles. The van der Waals surface area contributed by atoms with Crippen LogP contribution in [0.25, 0.3) is 10.9 Å². The van der Waals surface area contributed by atoms with Crippen LogP contribution in [0.15, 0.2) is 24.3 Å². The fourth-order valence-electron chi connectivity index (χ4n) is 6.64. The average molecular weight is 367 g/mol. The Labute approximate surface area is 161 Å². The van der Waals surface area contributed by atoms with Gasteiger partial charge in [-0.05, 0) is 17.9 Å². The molecule has 1 saturated carbocycles. The van der Waals surface area contributed by atoms with Crippen molar-refractivity contribution in [3.05, 3.63) is 35.5 Å². The number of para-hydroxylation sites is 1. The number of likely N-dealkylation sites (tertiary alicyclic amines) is 1. The number of fused-ring (bicyclic) bond motifs is 5. The molecule has 5 rings (SSSR count). The smallest absolute Gasteiger partial charge is 0.278 e. The summed E-state index contributed by atoms with van der Waals surface area (Å²) in [6.07, 6.45) is 4.80. The van der Waals surface area contributed by atoms with Crippen LogP contribution in [0, 0.1) is 10.8 Å². The van der Waals surface area contributed by atoms with Crippen molar-refractivity contribution < 1.29 is 9.69 Å². The first-order chi connectivity index (χ1) is 12.8. The van der Waals surface area contributed by atoms with Gasteiger partial charge in [-0.2, -0.15) is 0 Å². The third-order valence-corrected chi connectivity index (χ3v) is 7.29. The van der Waals surface area contributed by atoms with E-state index in [4.69, 9.17) is 0 Å². The van der Waals surface area contributed by atoms with Crippen LogP contribution in [0.3, 0.4) is 0 Å². The minimum atomic E-state index is 0.342. The van der Waals surface area contributed by atoms with Gasteiger partial charge in [-0.3, -0.25) is 4.79 Å². The van der Waals surface area contributed by atoms with E-state index >= 15 is 0 Å². The summed E-state index contributed by atoms with van der Waals surface area (Å²) in [6, 6.07) is 9.14. The van der Waals surface area contributed by atoms with E-state index in [9.17, 15) is 4.79 Å². The molecule has 2 bridgehead atoms. The van der Waals surface area contributed by atoms with Crippen molar-refractivity contribution in [2.24, 2.45) is 10.8 Å². The summed E-state index contributed by atoms with van der Waals surface area (Å²) in [4.78, 5) is 20.4. The summed E-state index contributed by atoms with van der Waals surface area (Å²) in [5, 5.41) is 1.28. The van der Waals surface area contributed by atoms with Gasteiger partial charge in [0.1, 0.15) is 0 Å². The molecule has 2 N–H and O–H groups in total. The Hall–Kier alpha value is -1.81. The quantitative estimate of drug-likeness (QED) is 0.843. The maximum atomic E-state index is 13.2. The van der Waals surface area contributed by atoms with Crippen molar-refractivity contribution in [3.8, 4) is 0 Å². The molecule has 3 atom stereocenters. The molecule has 1 unspecified atom stereocenters. The number of carbonyl (C=O) groups is 1. The molecule has 27 heavy (non-hydrogen) atoms. The van der Waals surface area contributed by atoms with Crippen LogP contribution in [0.2, 0.25) is 0 Å². The largest absolute Gasteiger partial charge is 0.358 e. The van der Waals surface area contributed by atoms with Gasteiger partial charge in [0.25, 0.3) is 5.91 Å². The van der Waals surface area contributed by atoms with Crippen molar-refractivity contribution in [1.29, 1.82) is 0 Å². The molecule has 1 aliphatic carbocycles. The molecule has 2 fully saturated rings. The summed E-state index contributed by atoms with van der Waals surface area (Å²) >= 11 is 0. The van der Waals surface area contributed by atoms with E-state index in [1.54, 1.807) is 0 Å². The highest BCUT2D eigenvalue weighted by Crippen LogP contribution is 2.47. The first-order valence-corrected chi connectivity index (χ1v) is 10.5. The molecule has 0 spiro atoms. The Balaban J connectivity index is 1.31. The Morgan fingerprint density at radius 3 is 2.93 bits per heavy atom. The number of hydrogen-bond acceptors (Lipinski definition) is 1. The maximum absolute atomic E-state index is 13.2. The minimum absolute atomic E-state index is 0.342. The van der Waals surface area contributed by atoms with Crippen LogP contribution in [-0.2, 0) is 17.8 Å². The van der Waals surface area contributed by atoms with Crippen molar-refractivity contribution >= 4 is 16.8 Å². The Bertz CT molecular complexity index is 898. The number of amides is 1. The van der Waals surface area contributed by atoms with Crippen LogP contribution in [-0.4, -0.2) is 41.5 Å². The fraction of sp³-hybridized carbons (Fsp3) is 0.609. The molecule has 1 aromatic heterocycles. The van der Waals surface area contributed by atoms with Gasteiger partial charge in [-0.1, -0.05) is 39.0 Å². The predicted molar refractivity (Wildman–Crippen MR) is 108 cm³/mol. The predicted octanol–water partition coefficient (Wildman–Crippen LogP) is 2.54. The van der Waals surface area contributed by atoms with Crippen LogP contribution < -0.4 is 4.90 Å².